The maximum atomic E-state index is 11.4. The molecule has 0 aliphatic carbocycles. The molecule has 0 N–H and O–H groups in total. The van der Waals surface area contributed by atoms with Crippen LogP contribution in [0.15, 0.2) is 24.3 Å². The van der Waals surface area contributed by atoms with Crippen LogP contribution in [-0.2, 0) is 16.0 Å². The Morgan fingerprint density at radius 3 is 2.56 bits per heavy atom. The summed E-state index contributed by atoms with van der Waals surface area (Å²) in [6, 6.07) is 8.10. The molecular weight excluding hydrogens is 202 g/mol. The topological polar surface area (TPSA) is 29.5 Å². The summed E-state index contributed by atoms with van der Waals surface area (Å²) < 4.78 is 4.73. The number of esters is 1. The molecule has 0 amide bonds. The molecule has 0 bridgehead atoms. The summed E-state index contributed by atoms with van der Waals surface area (Å²) in [5, 5.41) is 0. The van der Waals surface area contributed by atoms with Crippen LogP contribution in [0.4, 0.5) is 5.69 Å². The van der Waals surface area contributed by atoms with Crippen molar-refractivity contribution in [2.75, 3.05) is 26.1 Å². The van der Waals surface area contributed by atoms with Gasteiger partial charge < -0.3 is 9.64 Å². The van der Waals surface area contributed by atoms with Gasteiger partial charge in [-0.05, 0) is 18.1 Å². The molecule has 0 spiro atoms. The minimum absolute atomic E-state index is 0.105. The second-order valence-electron chi connectivity index (χ2n) is 4.15. The first-order chi connectivity index (χ1) is 7.56. The van der Waals surface area contributed by atoms with Gasteiger partial charge in [0.1, 0.15) is 0 Å². The summed E-state index contributed by atoms with van der Waals surface area (Å²) in [5.41, 5.74) is 2.32. The van der Waals surface area contributed by atoms with E-state index < -0.39 is 0 Å². The van der Waals surface area contributed by atoms with Gasteiger partial charge in [-0.25, -0.2) is 0 Å². The highest BCUT2D eigenvalue weighted by Crippen LogP contribution is 2.21. The molecule has 0 aliphatic heterocycles. The van der Waals surface area contributed by atoms with Crippen LogP contribution >= 0.6 is 0 Å². The molecule has 3 heteroatoms. The van der Waals surface area contributed by atoms with Crippen LogP contribution in [0.25, 0.3) is 0 Å². The van der Waals surface area contributed by atoms with Crippen molar-refractivity contribution in [2.24, 2.45) is 5.92 Å². The molecule has 16 heavy (non-hydrogen) atoms. The van der Waals surface area contributed by atoms with E-state index >= 15 is 0 Å². The first-order valence-corrected chi connectivity index (χ1v) is 5.39. The Hall–Kier alpha value is -1.51. The van der Waals surface area contributed by atoms with Crippen LogP contribution < -0.4 is 4.90 Å². The third kappa shape index (κ3) is 2.99. The highest BCUT2D eigenvalue weighted by Gasteiger charge is 2.15. The summed E-state index contributed by atoms with van der Waals surface area (Å²) in [5.74, 6) is -0.264. The summed E-state index contributed by atoms with van der Waals surface area (Å²) in [6.07, 6.45) is 0.709. The van der Waals surface area contributed by atoms with E-state index in [1.54, 1.807) is 0 Å². The Kier molecular flexibility index (Phi) is 4.35. The molecule has 0 saturated heterocycles. The van der Waals surface area contributed by atoms with Crippen molar-refractivity contribution in [3.8, 4) is 0 Å². The Bertz CT molecular complexity index is 361. The number of benzene rings is 1. The molecule has 0 fully saturated rings. The molecule has 0 heterocycles. The molecule has 1 atom stereocenters. The van der Waals surface area contributed by atoms with Gasteiger partial charge in [-0.15, -0.1) is 0 Å². The van der Waals surface area contributed by atoms with E-state index in [9.17, 15) is 4.79 Å². The number of hydrogen-bond donors (Lipinski definition) is 0. The van der Waals surface area contributed by atoms with E-state index in [2.05, 4.69) is 17.0 Å². The predicted octanol–water partition coefficient (Wildman–Crippen LogP) is 2.10. The van der Waals surface area contributed by atoms with Crippen LogP contribution in [0.3, 0.4) is 0 Å². The molecule has 88 valence electrons. The summed E-state index contributed by atoms with van der Waals surface area (Å²) in [4.78, 5) is 13.4. The van der Waals surface area contributed by atoms with E-state index in [4.69, 9.17) is 4.74 Å². The van der Waals surface area contributed by atoms with E-state index in [-0.39, 0.29) is 11.9 Å². The van der Waals surface area contributed by atoms with Gasteiger partial charge >= 0.3 is 5.97 Å². The molecule has 0 radical (unpaired) electrons. The lowest BCUT2D eigenvalue weighted by Crippen LogP contribution is -2.17. The van der Waals surface area contributed by atoms with Gasteiger partial charge in [0.25, 0.3) is 0 Å². The third-order valence-corrected chi connectivity index (χ3v) is 2.60. The molecular formula is C13H19NO2. The minimum atomic E-state index is -0.159. The highest BCUT2D eigenvalue weighted by atomic mass is 16.5. The van der Waals surface area contributed by atoms with Crippen molar-refractivity contribution < 1.29 is 9.53 Å². The monoisotopic (exact) mass is 221 g/mol. The fourth-order valence-corrected chi connectivity index (χ4v) is 1.73. The summed E-state index contributed by atoms with van der Waals surface area (Å²) in [6.45, 7) is 1.89. The number of rotatable bonds is 4. The fraction of sp³-hybridized carbons (Fsp3) is 0.462. The Morgan fingerprint density at radius 2 is 2.00 bits per heavy atom. The van der Waals surface area contributed by atoms with Gasteiger partial charge in [0, 0.05) is 19.8 Å². The largest absolute Gasteiger partial charge is 0.469 e. The van der Waals surface area contributed by atoms with Crippen LogP contribution in [0.2, 0.25) is 0 Å². The van der Waals surface area contributed by atoms with Gasteiger partial charge in [-0.1, -0.05) is 25.1 Å². The lowest BCUT2D eigenvalue weighted by molar-refractivity contribution is -0.144. The summed E-state index contributed by atoms with van der Waals surface area (Å²) in [7, 11) is 5.43. The number of para-hydroxylation sites is 1. The Morgan fingerprint density at radius 1 is 1.38 bits per heavy atom. The van der Waals surface area contributed by atoms with Gasteiger partial charge in [-0.2, -0.15) is 0 Å². The van der Waals surface area contributed by atoms with Crippen LogP contribution in [0, 0.1) is 5.92 Å². The molecule has 1 unspecified atom stereocenters. The number of carbonyl (C=O) groups excluding carboxylic acids is 1. The Labute approximate surface area is 97.0 Å². The van der Waals surface area contributed by atoms with Crippen molar-refractivity contribution in [3.05, 3.63) is 29.8 Å². The predicted molar refractivity (Wildman–Crippen MR) is 65.7 cm³/mol. The highest BCUT2D eigenvalue weighted by molar-refractivity contribution is 5.72. The maximum Gasteiger partial charge on any atom is 0.308 e. The number of ether oxygens (including phenoxy) is 1. The first kappa shape index (κ1) is 12.6. The van der Waals surface area contributed by atoms with Crippen LogP contribution in [0.1, 0.15) is 12.5 Å². The number of methoxy groups -OCH3 is 1. The van der Waals surface area contributed by atoms with Crippen molar-refractivity contribution in [1.29, 1.82) is 0 Å². The Balaban J connectivity index is 2.84. The second-order valence-corrected chi connectivity index (χ2v) is 4.15. The molecule has 0 aromatic heterocycles. The van der Waals surface area contributed by atoms with Crippen molar-refractivity contribution in [3.63, 3.8) is 0 Å². The van der Waals surface area contributed by atoms with Gasteiger partial charge in [0.05, 0.1) is 13.0 Å². The quantitative estimate of drug-likeness (QED) is 0.729. The molecule has 0 saturated carbocycles. The van der Waals surface area contributed by atoms with Crippen molar-refractivity contribution >= 4 is 11.7 Å². The number of carbonyl (C=O) groups is 1. The average Bonchev–Trinajstić information content (AvgIpc) is 2.28. The third-order valence-electron chi connectivity index (χ3n) is 2.60. The molecule has 1 rings (SSSR count). The zero-order valence-electron chi connectivity index (χ0n) is 10.4. The number of anilines is 1. The molecule has 1 aromatic carbocycles. The van der Waals surface area contributed by atoms with Crippen LogP contribution in [-0.4, -0.2) is 27.2 Å². The summed E-state index contributed by atoms with van der Waals surface area (Å²) >= 11 is 0. The van der Waals surface area contributed by atoms with Crippen molar-refractivity contribution in [2.45, 2.75) is 13.3 Å². The average molecular weight is 221 g/mol. The minimum Gasteiger partial charge on any atom is -0.469 e. The zero-order valence-corrected chi connectivity index (χ0v) is 10.4. The fourth-order valence-electron chi connectivity index (χ4n) is 1.73. The lowest BCUT2D eigenvalue weighted by atomic mass is 9.99. The van der Waals surface area contributed by atoms with E-state index in [0.717, 1.165) is 5.69 Å². The van der Waals surface area contributed by atoms with Gasteiger partial charge in [-0.3, -0.25) is 4.79 Å². The molecule has 1 aromatic rings. The normalized spacial score (nSPS) is 12.0. The van der Waals surface area contributed by atoms with Gasteiger partial charge in [0.15, 0.2) is 0 Å². The number of hydrogen-bond acceptors (Lipinski definition) is 3. The first-order valence-electron chi connectivity index (χ1n) is 5.39. The van der Waals surface area contributed by atoms with E-state index in [0.29, 0.717) is 6.42 Å². The molecule has 0 aliphatic rings. The number of nitrogens with zero attached hydrogens (tertiary/aromatic N) is 1. The van der Waals surface area contributed by atoms with E-state index in [1.165, 1.54) is 12.7 Å². The smallest absolute Gasteiger partial charge is 0.308 e. The zero-order chi connectivity index (χ0) is 12.1. The SMILES string of the molecule is COC(=O)C(C)Cc1ccccc1N(C)C. The molecule has 3 nitrogen and oxygen atoms in total. The standard InChI is InChI=1S/C13H19NO2/c1-10(13(15)16-4)9-11-7-5-6-8-12(11)14(2)3/h5-8,10H,9H2,1-4H3. The maximum absolute atomic E-state index is 11.4. The lowest BCUT2D eigenvalue weighted by Gasteiger charge is -2.18. The second kappa shape index (κ2) is 5.54. The van der Waals surface area contributed by atoms with E-state index in [1.807, 2.05) is 33.2 Å². The van der Waals surface area contributed by atoms with Crippen LogP contribution in [0.5, 0.6) is 0 Å². The van der Waals surface area contributed by atoms with Crippen molar-refractivity contribution in [1.82, 2.24) is 0 Å². The van der Waals surface area contributed by atoms with Gasteiger partial charge in [0.2, 0.25) is 0 Å².